The Bertz CT molecular complexity index is 596. The molecule has 0 aromatic heterocycles. The van der Waals surface area contributed by atoms with Gasteiger partial charge < -0.3 is 20.6 Å². The number of carboxylic acids is 1. The Kier molecular flexibility index (Phi) is 7.23. The minimum absolute atomic E-state index is 0.0105. The SMILES string of the molecule is CC(=O)NCCN(C(=O)CNc1c(C)cccc1C)C(C)C(=O)O. The molecular weight excluding hydrogens is 310 g/mol. The van der Waals surface area contributed by atoms with Gasteiger partial charge in [0.2, 0.25) is 11.8 Å². The molecule has 7 heteroatoms. The number of nitrogens with one attached hydrogen (secondary N) is 2. The molecule has 0 fully saturated rings. The van der Waals surface area contributed by atoms with E-state index in [1.807, 2.05) is 32.0 Å². The smallest absolute Gasteiger partial charge is 0.326 e. The van der Waals surface area contributed by atoms with E-state index >= 15 is 0 Å². The van der Waals surface area contributed by atoms with Gasteiger partial charge >= 0.3 is 5.97 Å². The molecule has 0 aliphatic carbocycles. The lowest BCUT2D eigenvalue weighted by atomic mass is 10.1. The number of anilines is 1. The Balaban J connectivity index is 2.76. The maximum Gasteiger partial charge on any atom is 0.326 e. The van der Waals surface area contributed by atoms with Crippen molar-refractivity contribution in [2.75, 3.05) is 25.0 Å². The zero-order chi connectivity index (χ0) is 18.3. The van der Waals surface area contributed by atoms with Gasteiger partial charge in [-0.15, -0.1) is 0 Å². The largest absolute Gasteiger partial charge is 0.480 e. The van der Waals surface area contributed by atoms with E-state index in [-0.39, 0.29) is 31.4 Å². The van der Waals surface area contributed by atoms with Crippen molar-refractivity contribution in [1.29, 1.82) is 0 Å². The first-order chi connectivity index (χ1) is 11.2. The van der Waals surface area contributed by atoms with Crippen molar-refractivity contribution in [1.82, 2.24) is 10.2 Å². The zero-order valence-corrected chi connectivity index (χ0v) is 14.5. The summed E-state index contributed by atoms with van der Waals surface area (Å²) in [6.07, 6.45) is 0. The lowest BCUT2D eigenvalue weighted by Gasteiger charge is -2.27. The summed E-state index contributed by atoms with van der Waals surface area (Å²) in [4.78, 5) is 35.9. The quantitative estimate of drug-likeness (QED) is 0.662. The number of aryl methyl sites for hydroxylation is 2. The first-order valence-electron chi connectivity index (χ1n) is 7.80. The number of benzene rings is 1. The predicted octanol–water partition coefficient (Wildman–Crippen LogP) is 1.15. The number of aliphatic carboxylic acids is 1. The van der Waals surface area contributed by atoms with Crippen LogP contribution in [0, 0.1) is 13.8 Å². The average Bonchev–Trinajstić information content (AvgIpc) is 2.49. The molecule has 0 heterocycles. The van der Waals surface area contributed by atoms with E-state index < -0.39 is 12.0 Å². The van der Waals surface area contributed by atoms with E-state index in [0.29, 0.717) is 0 Å². The van der Waals surface area contributed by atoms with Gasteiger partial charge in [0.25, 0.3) is 0 Å². The van der Waals surface area contributed by atoms with Gasteiger partial charge in [0.15, 0.2) is 0 Å². The average molecular weight is 335 g/mol. The maximum atomic E-state index is 12.4. The molecule has 0 spiro atoms. The van der Waals surface area contributed by atoms with Crippen molar-refractivity contribution in [2.45, 2.75) is 33.7 Å². The monoisotopic (exact) mass is 335 g/mol. The molecule has 132 valence electrons. The van der Waals surface area contributed by atoms with E-state index in [1.165, 1.54) is 18.7 Å². The summed E-state index contributed by atoms with van der Waals surface area (Å²) < 4.78 is 0. The molecule has 7 nitrogen and oxygen atoms in total. The summed E-state index contributed by atoms with van der Waals surface area (Å²) in [5.74, 6) is -1.64. The fraction of sp³-hybridized carbons (Fsp3) is 0.471. The number of nitrogens with zero attached hydrogens (tertiary/aromatic N) is 1. The highest BCUT2D eigenvalue weighted by atomic mass is 16.4. The molecular formula is C17H25N3O4. The Morgan fingerprint density at radius 1 is 1.21 bits per heavy atom. The van der Waals surface area contributed by atoms with Crippen LogP contribution in [-0.2, 0) is 14.4 Å². The van der Waals surface area contributed by atoms with Gasteiger partial charge in [-0.1, -0.05) is 18.2 Å². The molecule has 0 saturated heterocycles. The highest BCUT2D eigenvalue weighted by molar-refractivity contribution is 5.86. The number of hydrogen-bond acceptors (Lipinski definition) is 4. The lowest BCUT2D eigenvalue weighted by Crippen LogP contribution is -2.48. The van der Waals surface area contributed by atoms with Crippen LogP contribution < -0.4 is 10.6 Å². The Hall–Kier alpha value is -2.57. The number of para-hydroxylation sites is 1. The Morgan fingerprint density at radius 3 is 2.29 bits per heavy atom. The van der Waals surface area contributed by atoms with Crippen molar-refractivity contribution in [3.05, 3.63) is 29.3 Å². The second-order valence-corrected chi connectivity index (χ2v) is 5.70. The highest BCUT2D eigenvalue weighted by Crippen LogP contribution is 2.19. The van der Waals surface area contributed by atoms with Crippen LogP contribution >= 0.6 is 0 Å². The van der Waals surface area contributed by atoms with Gasteiger partial charge in [-0.05, 0) is 31.9 Å². The molecule has 1 rings (SSSR count). The maximum absolute atomic E-state index is 12.4. The molecule has 0 saturated carbocycles. The van der Waals surface area contributed by atoms with Crippen molar-refractivity contribution in [2.24, 2.45) is 0 Å². The molecule has 0 aliphatic heterocycles. The fourth-order valence-electron chi connectivity index (χ4n) is 2.38. The number of carboxylic acid groups (broad SMARTS) is 1. The van der Waals surface area contributed by atoms with E-state index in [9.17, 15) is 19.5 Å². The molecule has 1 aromatic rings. The van der Waals surface area contributed by atoms with Gasteiger partial charge in [-0.3, -0.25) is 9.59 Å². The molecule has 0 radical (unpaired) electrons. The molecule has 1 atom stereocenters. The molecule has 1 aromatic carbocycles. The minimum Gasteiger partial charge on any atom is -0.480 e. The van der Waals surface area contributed by atoms with Crippen LogP contribution in [-0.4, -0.2) is 53.5 Å². The molecule has 1 unspecified atom stereocenters. The Morgan fingerprint density at radius 2 is 1.79 bits per heavy atom. The summed E-state index contributed by atoms with van der Waals surface area (Å²) in [6, 6.07) is 4.85. The van der Waals surface area contributed by atoms with Crippen LogP contribution in [0.25, 0.3) is 0 Å². The summed E-state index contributed by atoms with van der Waals surface area (Å²) in [5.41, 5.74) is 2.90. The number of hydrogen-bond donors (Lipinski definition) is 3. The fourth-order valence-corrected chi connectivity index (χ4v) is 2.38. The summed E-state index contributed by atoms with van der Waals surface area (Å²) in [5, 5.41) is 14.8. The standard InChI is InChI=1S/C17H25N3O4/c1-11-6-5-7-12(2)16(11)19-10-15(22)20(13(3)17(23)24)9-8-18-14(4)21/h5-7,13,19H,8-10H2,1-4H3,(H,18,21)(H,23,24). The van der Waals surface area contributed by atoms with Crippen LogP contribution in [0.5, 0.6) is 0 Å². The topological polar surface area (TPSA) is 98.7 Å². The minimum atomic E-state index is -1.08. The van der Waals surface area contributed by atoms with Crippen LogP contribution in [0.15, 0.2) is 18.2 Å². The Labute approximate surface area is 142 Å². The van der Waals surface area contributed by atoms with Crippen molar-refractivity contribution < 1.29 is 19.5 Å². The van der Waals surface area contributed by atoms with Crippen molar-refractivity contribution in [3.63, 3.8) is 0 Å². The summed E-state index contributed by atoms with van der Waals surface area (Å²) in [7, 11) is 0. The van der Waals surface area contributed by atoms with E-state index in [0.717, 1.165) is 16.8 Å². The molecule has 3 N–H and O–H groups in total. The van der Waals surface area contributed by atoms with Gasteiger partial charge in [0.05, 0.1) is 6.54 Å². The molecule has 0 bridgehead atoms. The normalized spacial score (nSPS) is 11.5. The van der Waals surface area contributed by atoms with Crippen LogP contribution in [0.1, 0.15) is 25.0 Å². The molecule has 0 aliphatic rings. The second kappa shape index (κ2) is 8.90. The summed E-state index contributed by atoms with van der Waals surface area (Å²) >= 11 is 0. The number of amides is 2. The third-order valence-electron chi connectivity index (χ3n) is 3.77. The van der Waals surface area contributed by atoms with Gasteiger partial charge in [-0.25, -0.2) is 4.79 Å². The predicted molar refractivity (Wildman–Crippen MR) is 91.9 cm³/mol. The van der Waals surface area contributed by atoms with Gasteiger partial charge in [-0.2, -0.15) is 0 Å². The number of carbonyl (C=O) groups is 3. The third kappa shape index (κ3) is 5.57. The molecule has 2 amide bonds. The van der Waals surface area contributed by atoms with Crippen LogP contribution in [0.3, 0.4) is 0 Å². The van der Waals surface area contributed by atoms with Gasteiger partial charge in [0.1, 0.15) is 6.04 Å². The van der Waals surface area contributed by atoms with Crippen LogP contribution in [0.4, 0.5) is 5.69 Å². The third-order valence-corrected chi connectivity index (χ3v) is 3.77. The highest BCUT2D eigenvalue weighted by Gasteiger charge is 2.25. The van der Waals surface area contributed by atoms with E-state index in [2.05, 4.69) is 10.6 Å². The van der Waals surface area contributed by atoms with Gasteiger partial charge in [0, 0.05) is 25.7 Å². The lowest BCUT2D eigenvalue weighted by molar-refractivity contribution is -0.148. The number of carbonyl (C=O) groups excluding carboxylic acids is 2. The van der Waals surface area contributed by atoms with E-state index in [1.54, 1.807) is 0 Å². The number of rotatable bonds is 8. The summed E-state index contributed by atoms with van der Waals surface area (Å²) in [6.45, 7) is 7.04. The molecule has 24 heavy (non-hydrogen) atoms. The second-order valence-electron chi connectivity index (χ2n) is 5.70. The van der Waals surface area contributed by atoms with Crippen molar-refractivity contribution in [3.8, 4) is 0 Å². The first kappa shape index (κ1) is 19.5. The zero-order valence-electron chi connectivity index (χ0n) is 14.5. The van der Waals surface area contributed by atoms with E-state index in [4.69, 9.17) is 0 Å². The van der Waals surface area contributed by atoms with Crippen LogP contribution in [0.2, 0.25) is 0 Å². The van der Waals surface area contributed by atoms with Crippen molar-refractivity contribution >= 4 is 23.5 Å². The first-order valence-corrected chi connectivity index (χ1v) is 7.80.